The topological polar surface area (TPSA) is 54.8 Å². The second kappa shape index (κ2) is 8.06. The average molecular weight is 510 g/mol. The van der Waals surface area contributed by atoms with Crippen LogP contribution in [-0.2, 0) is 10.8 Å². The van der Waals surface area contributed by atoms with Crippen molar-refractivity contribution in [1.82, 2.24) is 19.9 Å². The number of aryl methyl sites for hydroxylation is 2. The number of pyridine rings is 4. The molecule has 2 aliphatic heterocycles. The van der Waals surface area contributed by atoms with Gasteiger partial charge in [0, 0.05) is 34.4 Å². The highest BCUT2D eigenvalue weighted by Crippen LogP contribution is 2.59. The molecule has 5 aromatic rings. The van der Waals surface area contributed by atoms with Crippen LogP contribution in [0.25, 0.3) is 22.8 Å². The minimum Gasteiger partial charge on any atom is -0.278 e. The third kappa shape index (κ3) is 3.39. The fourth-order valence-corrected chi connectivity index (χ4v) is 6.13. The average Bonchev–Trinajstić information content (AvgIpc) is 2.93. The third-order valence-electron chi connectivity index (χ3n) is 8.47. The maximum Gasteiger partial charge on any atom is 0.143 e. The zero-order valence-electron chi connectivity index (χ0n) is 23.2. The number of anilines is 3. The number of aromatic nitrogens is 4. The monoisotopic (exact) mass is 509 g/mol. The summed E-state index contributed by atoms with van der Waals surface area (Å²) >= 11 is 0. The summed E-state index contributed by atoms with van der Waals surface area (Å²) in [6, 6.07) is 23.6. The van der Waals surface area contributed by atoms with Gasteiger partial charge in [0.05, 0.1) is 28.5 Å². The normalized spacial score (nSPS) is 15.8. The Kier molecular flexibility index (Phi) is 4.90. The van der Waals surface area contributed by atoms with Gasteiger partial charge in [0.2, 0.25) is 0 Å². The molecule has 0 unspecified atom stereocenters. The Morgan fingerprint density at radius 1 is 0.513 bits per heavy atom. The van der Waals surface area contributed by atoms with Crippen molar-refractivity contribution in [2.24, 2.45) is 0 Å². The largest absolute Gasteiger partial charge is 0.278 e. The van der Waals surface area contributed by atoms with Crippen molar-refractivity contribution in [3.05, 3.63) is 113 Å². The molecule has 0 radical (unpaired) electrons. The Labute approximate surface area is 229 Å². The lowest BCUT2D eigenvalue weighted by Gasteiger charge is -2.48. The molecular formula is C34H31N5. The SMILES string of the molecule is Cc1ccc(-c2ccc3c(n2)N2c4nc(-c5ccc(C)cn5)ccc4C(C)(C)c4cccc(c42)C3(C)C)nc1. The van der Waals surface area contributed by atoms with Crippen LogP contribution in [-0.4, -0.2) is 19.9 Å². The van der Waals surface area contributed by atoms with Crippen LogP contribution >= 0.6 is 0 Å². The van der Waals surface area contributed by atoms with Crippen LogP contribution in [0.1, 0.15) is 61.1 Å². The smallest absolute Gasteiger partial charge is 0.143 e. The number of hydrogen-bond acceptors (Lipinski definition) is 5. The summed E-state index contributed by atoms with van der Waals surface area (Å²) in [7, 11) is 0. The molecule has 6 heterocycles. The fourth-order valence-electron chi connectivity index (χ4n) is 6.13. The molecule has 7 rings (SSSR count). The van der Waals surface area contributed by atoms with Crippen LogP contribution in [0.15, 0.2) is 79.1 Å². The van der Waals surface area contributed by atoms with E-state index < -0.39 is 0 Å². The quantitative estimate of drug-likeness (QED) is 0.242. The van der Waals surface area contributed by atoms with E-state index in [4.69, 9.17) is 9.97 Å². The number of nitrogens with zero attached hydrogens (tertiary/aromatic N) is 5. The molecule has 5 heteroatoms. The lowest BCUT2D eigenvalue weighted by molar-refractivity contribution is 0.591. The molecule has 0 saturated heterocycles. The minimum atomic E-state index is -0.229. The number of para-hydroxylation sites is 1. The predicted octanol–water partition coefficient (Wildman–Crippen LogP) is 7.97. The number of rotatable bonds is 2. The summed E-state index contributed by atoms with van der Waals surface area (Å²) in [5.74, 6) is 1.83. The van der Waals surface area contributed by atoms with Crippen LogP contribution in [0.5, 0.6) is 0 Å². The molecular weight excluding hydrogens is 478 g/mol. The van der Waals surface area contributed by atoms with Gasteiger partial charge in [-0.25, -0.2) is 9.97 Å². The van der Waals surface area contributed by atoms with Crippen LogP contribution in [0.4, 0.5) is 17.3 Å². The Bertz CT molecular complexity index is 1640. The molecule has 0 amide bonds. The van der Waals surface area contributed by atoms with Gasteiger partial charge in [-0.05, 0) is 60.4 Å². The second-order valence-electron chi connectivity index (χ2n) is 11.9. The first-order valence-electron chi connectivity index (χ1n) is 13.5. The van der Waals surface area contributed by atoms with E-state index in [1.165, 1.54) is 27.9 Å². The van der Waals surface area contributed by atoms with Crippen LogP contribution in [0.2, 0.25) is 0 Å². The van der Waals surface area contributed by atoms with Crippen LogP contribution < -0.4 is 4.90 Å². The lowest BCUT2D eigenvalue weighted by atomic mass is 9.67. The fraction of sp³-hybridized carbons (Fsp3) is 0.235. The van der Waals surface area contributed by atoms with Crippen molar-refractivity contribution in [1.29, 1.82) is 0 Å². The summed E-state index contributed by atoms with van der Waals surface area (Å²) in [6.07, 6.45) is 3.80. The number of fused-ring (bicyclic) bond motifs is 4. The van der Waals surface area contributed by atoms with Gasteiger partial charge < -0.3 is 0 Å². The molecule has 39 heavy (non-hydrogen) atoms. The van der Waals surface area contributed by atoms with E-state index >= 15 is 0 Å². The highest BCUT2D eigenvalue weighted by Gasteiger charge is 2.46. The predicted molar refractivity (Wildman–Crippen MR) is 157 cm³/mol. The molecule has 0 atom stereocenters. The van der Waals surface area contributed by atoms with Crippen molar-refractivity contribution < 1.29 is 0 Å². The Hall–Kier alpha value is -4.38. The molecule has 0 N–H and O–H groups in total. The van der Waals surface area contributed by atoms with Crippen molar-refractivity contribution >= 4 is 17.3 Å². The van der Waals surface area contributed by atoms with Crippen molar-refractivity contribution in [3.63, 3.8) is 0 Å². The van der Waals surface area contributed by atoms with E-state index in [2.05, 4.69) is 111 Å². The highest BCUT2D eigenvalue weighted by atomic mass is 15.3. The summed E-state index contributed by atoms with van der Waals surface area (Å²) in [5, 5.41) is 0. The Morgan fingerprint density at radius 3 is 1.36 bits per heavy atom. The molecule has 4 aromatic heterocycles. The van der Waals surface area contributed by atoms with Gasteiger partial charge in [-0.3, -0.25) is 14.9 Å². The molecule has 1 aromatic carbocycles. The standard InChI is InChI=1S/C34H31N5/c1-20-10-14-26(35-18-20)28-16-12-24-31(37-28)39-30-22(33(24,3)4)8-7-9-23(30)34(5,6)25-13-17-29(38-32(25)39)27-15-11-21(2)19-36-27/h7-19H,1-6H3. The molecule has 0 fully saturated rings. The molecule has 192 valence electrons. The van der Waals surface area contributed by atoms with Gasteiger partial charge in [-0.15, -0.1) is 0 Å². The molecule has 0 saturated carbocycles. The molecule has 0 bridgehead atoms. The first-order chi connectivity index (χ1) is 18.7. The van der Waals surface area contributed by atoms with Gasteiger partial charge in [-0.2, -0.15) is 0 Å². The third-order valence-corrected chi connectivity index (χ3v) is 8.47. The minimum absolute atomic E-state index is 0.229. The highest BCUT2D eigenvalue weighted by molar-refractivity contribution is 5.91. The van der Waals surface area contributed by atoms with E-state index in [0.717, 1.165) is 45.5 Å². The summed E-state index contributed by atoms with van der Waals surface area (Å²) < 4.78 is 0. The van der Waals surface area contributed by atoms with E-state index in [-0.39, 0.29) is 10.8 Å². The molecule has 0 aliphatic carbocycles. The van der Waals surface area contributed by atoms with Gasteiger partial charge >= 0.3 is 0 Å². The van der Waals surface area contributed by atoms with Crippen molar-refractivity contribution in [3.8, 4) is 22.8 Å². The summed E-state index contributed by atoms with van der Waals surface area (Å²) in [5.41, 5.74) is 11.4. The van der Waals surface area contributed by atoms with E-state index in [0.29, 0.717) is 0 Å². The lowest BCUT2D eigenvalue weighted by Crippen LogP contribution is -2.39. The van der Waals surface area contributed by atoms with Crippen LogP contribution in [0.3, 0.4) is 0 Å². The van der Waals surface area contributed by atoms with E-state index in [9.17, 15) is 0 Å². The van der Waals surface area contributed by atoms with Gasteiger partial charge in [0.25, 0.3) is 0 Å². The van der Waals surface area contributed by atoms with E-state index in [1.54, 1.807) is 0 Å². The van der Waals surface area contributed by atoms with E-state index in [1.807, 2.05) is 24.5 Å². The summed E-state index contributed by atoms with van der Waals surface area (Å²) in [6.45, 7) is 13.3. The first-order valence-corrected chi connectivity index (χ1v) is 13.5. The first kappa shape index (κ1) is 23.7. The Balaban J connectivity index is 1.52. The molecule has 0 spiro atoms. The van der Waals surface area contributed by atoms with Gasteiger partial charge in [-0.1, -0.05) is 70.2 Å². The summed E-state index contributed by atoms with van der Waals surface area (Å²) in [4.78, 5) is 22.3. The maximum absolute atomic E-state index is 5.30. The van der Waals surface area contributed by atoms with Gasteiger partial charge in [0.15, 0.2) is 0 Å². The number of hydrogen-bond donors (Lipinski definition) is 0. The molecule has 5 nitrogen and oxygen atoms in total. The second-order valence-corrected chi connectivity index (χ2v) is 11.9. The van der Waals surface area contributed by atoms with Crippen molar-refractivity contribution in [2.45, 2.75) is 52.4 Å². The van der Waals surface area contributed by atoms with Crippen molar-refractivity contribution in [2.75, 3.05) is 4.90 Å². The zero-order chi connectivity index (χ0) is 27.1. The van der Waals surface area contributed by atoms with Gasteiger partial charge in [0.1, 0.15) is 11.6 Å². The maximum atomic E-state index is 5.30. The molecule has 2 aliphatic rings. The zero-order valence-corrected chi connectivity index (χ0v) is 23.2. The number of benzene rings is 1. The Morgan fingerprint density at radius 2 is 0.949 bits per heavy atom. The van der Waals surface area contributed by atoms with Crippen LogP contribution in [0, 0.1) is 13.8 Å².